The molecule has 0 atom stereocenters. The van der Waals surface area contributed by atoms with Crippen molar-refractivity contribution in [3.63, 3.8) is 0 Å². The summed E-state index contributed by atoms with van der Waals surface area (Å²) in [6.45, 7) is 3.88. The van der Waals surface area contributed by atoms with Gasteiger partial charge in [0.15, 0.2) is 0 Å². The normalized spacial score (nSPS) is 13.9. The van der Waals surface area contributed by atoms with Crippen molar-refractivity contribution in [2.24, 2.45) is 0 Å². The number of nitrogens with one attached hydrogen (secondary N) is 2. The molecular formula is C15H16N2OS. The fourth-order valence-corrected chi connectivity index (χ4v) is 3.18. The number of hydrogen-bond acceptors (Lipinski definition) is 3. The summed E-state index contributed by atoms with van der Waals surface area (Å²) in [4.78, 5) is 12.1. The van der Waals surface area contributed by atoms with E-state index in [-0.39, 0.29) is 5.91 Å². The smallest absolute Gasteiger partial charge is 0.256 e. The Kier molecular flexibility index (Phi) is 3.36. The fraction of sp³-hybridized carbons (Fsp3) is 0.267. The lowest BCUT2D eigenvalue weighted by molar-refractivity contribution is 0.102. The third-order valence-electron chi connectivity index (χ3n) is 3.45. The Bertz CT molecular complexity index is 618. The molecule has 4 heteroatoms. The first kappa shape index (κ1) is 12.4. The minimum atomic E-state index is -0.0255. The lowest BCUT2D eigenvalue weighted by Crippen LogP contribution is -2.23. The maximum atomic E-state index is 12.1. The molecule has 1 aromatic heterocycles. The number of rotatable bonds is 2. The summed E-state index contributed by atoms with van der Waals surface area (Å²) in [7, 11) is 0. The van der Waals surface area contributed by atoms with Gasteiger partial charge in [0.2, 0.25) is 0 Å². The SMILES string of the molecule is Cc1cscc1C(=O)Nc1ccc2c(c1)CNCC2. The van der Waals surface area contributed by atoms with Gasteiger partial charge in [0.05, 0.1) is 5.56 Å². The van der Waals surface area contributed by atoms with Crippen LogP contribution in [0.1, 0.15) is 27.0 Å². The van der Waals surface area contributed by atoms with Crippen LogP contribution >= 0.6 is 11.3 Å². The van der Waals surface area contributed by atoms with E-state index in [1.807, 2.05) is 23.8 Å². The van der Waals surface area contributed by atoms with Crippen LogP contribution in [-0.4, -0.2) is 12.5 Å². The van der Waals surface area contributed by atoms with Crippen molar-refractivity contribution in [1.29, 1.82) is 0 Å². The van der Waals surface area contributed by atoms with Crippen LogP contribution in [0.25, 0.3) is 0 Å². The molecule has 2 heterocycles. The average Bonchev–Trinajstić information content (AvgIpc) is 2.85. The Morgan fingerprint density at radius 1 is 1.32 bits per heavy atom. The predicted octanol–water partition coefficient (Wildman–Crippen LogP) is 2.95. The molecule has 2 aromatic rings. The number of fused-ring (bicyclic) bond motifs is 1. The van der Waals surface area contributed by atoms with E-state index in [4.69, 9.17) is 0 Å². The topological polar surface area (TPSA) is 41.1 Å². The van der Waals surface area contributed by atoms with Gasteiger partial charge in [0, 0.05) is 17.6 Å². The summed E-state index contributed by atoms with van der Waals surface area (Å²) >= 11 is 1.56. The molecule has 0 radical (unpaired) electrons. The molecule has 0 saturated carbocycles. The second-order valence-corrected chi connectivity index (χ2v) is 5.58. The monoisotopic (exact) mass is 272 g/mol. The molecular weight excluding hydrogens is 256 g/mol. The number of benzene rings is 1. The van der Waals surface area contributed by atoms with Crippen molar-refractivity contribution >= 4 is 22.9 Å². The van der Waals surface area contributed by atoms with Gasteiger partial charge in [0.1, 0.15) is 0 Å². The number of carbonyl (C=O) groups excluding carboxylic acids is 1. The van der Waals surface area contributed by atoms with E-state index in [0.717, 1.165) is 36.3 Å². The number of carbonyl (C=O) groups is 1. The molecule has 0 spiro atoms. The number of anilines is 1. The quantitative estimate of drug-likeness (QED) is 0.882. The van der Waals surface area contributed by atoms with Crippen LogP contribution in [0.5, 0.6) is 0 Å². The molecule has 3 nitrogen and oxygen atoms in total. The second-order valence-electron chi connectivity index (χ2n) is 4.83. The van der Waals surface area contributed by atoms with Crippen LogP contribution in [-0.2, 0) is 13.0 Å². The zero-order valence-electron chi connectivity index (χ0n) is 10.8. The first-order valence-corrected chi connectivity index (χ1v) is 7.35. The van der Waals surface area contributed by atoms with Gasteiger partial charge in [-0.15, -0.1) is 0 Å². The number of thiophene rings is 1. The molecule has 1 amide bonds. The van der Waals surface area contributed by atoms with Crippen molar-refractivity contribution in [2.45, 2.75) is 19.9 Å². The van der Waals surface area contributed by atoms with Crippen LogP contribution in [0.2, 0.25) is 0 Å². The first-order chi connectivity index (χ1) is 9.24. The molecule has 0 unspecified atom stereocenters. The van der Waals surface area contributed by atoms with E-state index in [1.165, 1.54) is 11.1 Å². The maximum Gasteiger partial charge on any atom is 0.256 e. The van der Waals surface area contributed by atoms with E-state index >= 15 is 0 Å². The molecule has 1 aromatic carbocycles. The van der Waals surface area contributed by atoms with E-state index in [0.29, 0.717) is 0 Å². The molecule has 1 aliphatic heterocycles. The highest BCUT2D eigenvalue weighted by Gasteiger charge is 2.12. The Labute approximate surface area is 116 Å². The van der Waals surface area contributed by atoms with Crippen LogP contribution in [0.3, 0.4) is 0 Å². The van der Waals surface area contributed by atoms with Crippen LogP contribution in [0.4, 0.5) is 5.69 Å². The molecule has 0 saturated heterocycles. The molecule has 1 aliphatic rings. The summed E-state index contributed by atoms with van der Waals surface area (Å²) < 4.78 is 0. The summed E-state index contributed by atoms with van der Waals surface area (Å²) in [5, 5.41) is 10.2. The zero-order chi connectivity index (χ0) is 13.2. The zero-order valence-corrected chi connectivity index (χ0v) is 11.6. The van der Waals surface area contributed by atoms with E-state index in [9.17, 15) is 4.79 Å². The predicted molar refractivity (Wildman–Crippen MR) is 78.9 cm³/mol. The largest absolute Gasteiger partial charge is 0.322 e. The molecule has 3 rings (SSSR count). The standard InChI is InChI=1S/C15H16N2OS/c1-10-8-19-9-14(10)15(18)17-13-3-2-11-4-5-16-7-12(11)6-13/h2-3,6,8-9,16H,4-5,7H2,1H3,(H,17,18). The summed E-state index contributed by atoms with van der Waals surface area (Å²) in [5.74, 6) is -0.0255. The molecule has 19 heavy (non-hydrogen) atoms. The van der Waals surface area contributed by atoms with Crippen molar-refractivity contribution in [3.8, 4) is 0 Å². The van der Waals surface area contributed by atoms with Crippen LogP contribution < -0.4 is 10.6 Å². The second kappa shape index (κ2) is 5.15. The van der Waals surface area contributed by atoms with E-state index in [1.54, 1.807) is 11.3 Å². The lowest BCUT2D eigenvalue weighted by atomic mass is 10.0. The average molecular weight is 272 g/mol. The van der Waals surface area contributed by atoms with Crippen molar-refractivity contribution in [2.75, 3.05) is 11.9 Å². The van der Waals surface area contributed by atoms with Gasteiger partial charge in [0.25, 0.3) is 5.91 Å². The third-order valence-corrected chi connectivity index (χ3v) is 4.31. The van der Waals surface area contributed by atoms with Crippen LogP contribution in [0, 0.1) is 6.92 Å². The van der Waals surface area contributed by atoms with Gasteiger partial charge in [-0.25, -0.2) is 0 Å². The first-order valence-electron chi connectivity index (χ1n) is 6.41. The van der Waals surface area contributed by atoms with Crippen molar-refractivity contribution in [3.05, 3.63) is 51.2 Å². The van der Waals surface area contributed by atoms with Crippen molar-refractivity contribution < 1.29 is 4.79 Å². The Morgan fingerprint density at radius 2 is 2.21 bits per heavy atom. The van der Waals surface area contributed by atoms with Crippen LogP contribution in [0.15, 0.2) is 29.0 Å². The Hall–Kier alpha value is -1.65. The van der Waals surface area contributed by atoms with Crippen molar-refractivity contribution in [1.82, 2.24) is 5.32 Å². The number of hydrogen-bond donors (Lipinski definition) is 2. The summed E-state index contributed by atoms with van der Waals surface area (Å²) in [5.41, 5.74) is 5.33. The summed E-state index contributed by atoms with van der Waals surface area (Å²) in [6.07, 6.45) is 1.06. The van der Waals surface area contributed by atoms with Gasteiger partial charge < -0.3 is 10.6 Å². The van der Waals surface area contributed by atoms with Gasteiger partial charge in [-0.3, -0.25) is 4.79 Å². The molecule has 2 N–H and O–H groups in total. The minimum absolute atomic E-state index is 0.0255. The van der Waals surface area contributed by atoms with E-state index in [2.05, 4.69) is 22.8 Å². The molecule has 0 bridgehead atoms. The van der Waals surface area contributed by atoms with E-state index < -0.39 is 0 Å². The molecule has 0 fully saturated rings. The Balaban J connectivity index is 1.80. The molecule has 98 valence electrons. The summed E-state index contributed by atoms with van der Waals surface area (Å²) in [6, 6.07) is 6.18. The van der Waals surface area contributed by atoms with Gasteiger partial charge in [-0.1, -0.05) is 6.07 Å². The molecule has 0 aliphatic carbocycles. The number of amides is 1. The highest BCUT2D eigenvalue weighted by Crippen LogP contribution is 2.21. The highest BCUT2D eigenvalue weighted by atomic mass is 32.1. The highest BCUT2D eigenvalue weighted by molar-refractivity contribution is 7.08. The minimum Gasteiger partial charge on any atom is -0.322 e. The van der Waals surface area contributed by atoms with Gasteiger partial charge >= 0.3 is 0 Å². The number of aryl methyl sites for hydroxylation is 1. The maximum absolute atomic E-state index is 12.1. The fourth-order valence-electron chi connectivity index (χ4n) is 2.35. The third kappa shape index (κ3) is 2.55. The van der Waals surface area contributed by atoms with Gasteiger partial charge in [-0.05, 0) is 54.1 Å². The lowest BCUT2D eigenvalue weighted by Gasteiger charge is -2.18. The Morgan fingerprint density at radius 3 is 3.00 bits per heavy atom. The van der Waals surface area contributed by atoms with Gasteiger partial charge in [-0.2, -0.15) is 11.3 Å².